The molecule has 30 heavy (non-hydrogen) atoms. The van der Waals surface area contributed by atoms with E-state index < -0.39 is 10.0 Å². The van der Waals surface area contributed by atoms with Crippen LogP contribution < -0.4 is 15.4 Å². The summed E-state index contributed by atoms with van der Waals surface area (Å²) in [4.78, 5) is 17.8. The molecule has 0 bridgehead atoms. The first-order valence-corrected chi connectivity index (χ1v) is 12.3. The normalized spacial score (nSPS) is 17.5. The van der Waals surface area contributed by atoms with Gasteiger partial charge in [0.15, 0.2) is 5.13 Å². The first-order chi connectivity index (χ1) is 14.4. The molecule has 2 N–H and O–H groups in total. The van der Waals surface area contributed by atoms with Crippen molar-refractivity contribution in [2.24, 2.45) is 0 Å². The van der Waals surface area contributed by atoms with Gasteiger partial charge in [-0.25, -0.2) is 18.2 Å². The van der Waals surface area contributed by atoms with E-state index in [1.54, 1.807) is 25.3 Å². The highest BCUT2D eigenvalue weighted by molar-refractivity contribution is 7.89. The van der Waals surface area contributed by atoms with Gasteiger partial charge in [0.1, 0.15) is 5.75 Å². The van der Waals surface area contributed by atoms with E-state index in [2.05, 4.69) is 15.6 Å². The zero-order chi connectivity index (χ0) is 21.3. The van der Waals surface area contributed by atoms with Crippen molar-refractivity contribution in [1.29, 1.82) is 0 Å². The van der Waals surface area contributed by atoms with Crippen molar-refractivity contribution < 1.29 is 17.9 Å². The molecule has 0 saturated heterocycles. The Kier molecular flexibility index (Phi) is 5.99. The molecule has 0 unspecified atom stereocenters. The highest BCUT2D eigenvalue weighted by Crippen LogP contribution is 2.32. The zero-order valence-electron chi connectivity index (χ0n) is 17.1. The van der Waals surface area contributed by atoms with Gasteiger partial charge in [-0.1, -0.05) is 24.2 Å². The Balaban J connectivity index is 1.45. The second-order valence-electron chi connectivity index (χ2n) is 7.69. The van der Waals surface area contributed by atoms with Crippen molar-refractivity contribution in [1.82, 2.24) is 14.6 Å². The second-order valence-corrected chi connectivity index (χ2v) is 10.7. The van der Waals surface area contributed by atoms with Crippen molar-refractivity contribution in [3.63, 3.8) is 0 Å². The molecule has 2 aliphatic rings. The van der Waals surface area contributed by atoms with Gasteiger partial charge in [0.2, 0.25) is 10.0 Å². The molecule has 1 saturated carbocycles. The average molecular weight is 451 g/mol. The van der Waals surface area contributed by atoms with Gasteiger partial charge in [0, 0.05) is 23.9 Å². The molecule has 1 aliphatic heterocycles. The predicted molar refractivity (Wildman–Crippen MR) is 116 cm³/mol. The van der Waals surface area contributed by atoms with Crippen LogP contribution in [0.1, 0.15) is 41.8 Å². The summed E-state index contributed by atoms with van der Waals surface area (Å²) in [5.74, 6) is 0.656. The molecular weight excluding hydrogens is 424 g/mol. The number of sulfonamides is 1. The number of nitrogens with zero attached hydrogens (tertiary/aromatic N) is 2. The topological polar surface area (TPSA) is 101 Å². The lowest BCUT2D eigenvalue weighted by Crippen LogP contribution is -2.36. The van der Waals surface area contributed by atoms with Crippen LogP contribution in [0.2, 0.25) is 0 Å². The summed E-state index contributed by atoms with van der Waals surface area (Å²) in [7, 11) is -2.06. The van der Waals surface area contributed by atoms with Gasteiger partial charge in [-0.05, 0) is 43.5 Å². The number of urea groups is 1. The smallest absolute Gasteiger partial charge is 0.321 e. The summed E-state index contributed by atoms with van der Waals surface area (Å²) in [5, 5.41) is 6.29. The van der Waals surface area contributed by atoms with E-state index in [4.69, 9.17) is 4.74 Å². The van der Waals surface area contributed by atoms with Crippen LogP contribution >= 0.6 is 11.3 Å². The van der Waals surface area contributed by atoms with Gasteiger partial charge < -0.3 is 10.1 Å². The maximum Gasteiger partial charge on any atom is 0.321 e. The molecule has 2 heterocycles. The zero-order valence-corrected chi connectivity index (χ0v) is 18.7. The number of carbonyl (C=O) groups excluding carboxylic acids is 1. The molecule has 4 rings (SSSR count). The molecule has 0 spiro atoms. The molecule has 1 fully saturated rings. The number of fused-ring (bicyclic) bond motifs is 1. The van der Waals surface area contributed by atoms with Crippen LogP contribution in [-0.4, -0.2) is 43.4 Å². The van der Waals surface area contributed by atoms with E-state index in [0.717, 1.165) is 41.8 Å². The Morgan fingerprint density at radius 1 is 1.30 bits per heavy atom. The minimum absolute atomic E-state index is 0.230. The fourth-order valence-electron chi connectivity index (χ4n) is 3.98. The lowest BCUT2D eigenvalue weighted by molar-refractivity contribution is 0.248. The predicted octanol–water partition coefficient (Wildman–Crippen LogP) is 3.27. The minimum atomic E-state index is -3.62. The van der Waals surface area contributed by atoms with Crippen LogP contribution in [-0.2, 0) is 23.0 Å². The van der Waals surface area contributed by atoms with Gasteiger partial charge >= 0.3 is 6.03 Å². The lowest BCUT2D eigenvalue weighted by atomic mass is 10.2. The van der Waals surface area contributed by atoms with Crippen molar-refractivity contribution >= 4 is 32.5 Å². The number of thiazole rings is 1. The lowest BCUT2D eigenvalue weighted by Gasteiger charge is -2.25. The van der Waals surface area contributed by atoms with Crippen molar-refractivity contribution in [2.75, 3.05) is 19.0 Å². The average Bonchev–Trinajstić information content (AvgIpc) is 3.36. The van der Waals surface area contributed by atoms with Crippen molar-refractivity contribution in [3.8, 4) is 5.75 Å². The van der Waals surface area contributed by atoms with Crippen molar-refractivity contribution in [2.45, 2.75) is 56.5 Å². The summed E-state index contributed by atoms with van der Waals surface area (Å²) in [5.41, 5.74) is 1.63. The standard InChI is InChI=1S/C20H26N4O4S2/c1-13-11-15(7-8-17(13)28-2)30(26,27)24-10-9-16-18(12-24)29-20(22-16)23-19(25)21-14-5-3-4-6-14/h7-8,11,14H,3-6,9-10,12H2,1-2H3,(H2,21,22,23,25). The Bertz CT molecular complexity index is 1050. The summed E-state index contributed by atoms with van der Waals surface area (Å²) >= 11 is 1.34. The summed E-state index contributed by atoms with van der Waals surface area (Å²) in [6, 6.07) is 4.87. The quantitative estimate of drug-likeness (QED) is 0.728. The van der Waals surface area contributed by atoms with Crippen LogP contribution in [0.5, 0.6) is 5.75 Å². The highest BCUT2D eigenvalue weighted by atomic mass is 32.2. The number of ether oxygens (including phenoxy) is 1. The molecule has 2 aromatic rings. The maximum absolute atomic E-state index is 13.1. The Labute approximate surface area is 180 Å². The number of hydrogen-bond donors (Lipinski definition) is 2. The third-order valence-corrected chi connectivity index (χ3v) is 8.45. The SMILES string of the molecule is COc1ccc(S(=O)(=O)N2CCc3nc(NC(=O)NC4CCCC4)sc3C2)cc1C. The molecule has 1 aromatic heterocycles. The summed E-state index contributed by atoms with van der Waals surface area (Å²) in [6.07, 6.45) is 4.84. The molecule has 8 nitrogen and oxygen atoms in total. The highest BCUT2D eigenvalue weighted by Gasteiger charge is 2.31. The number of carbonyl (C=O) groups is 1. The molecule has 10 heteroatoms. The molecule has 2 amide bonds. The number of methoxy groups -OCH3 is 1. The van der Waals surface area contributed by atoms with E-state index in [-0.39, 0.29) is 23.5 Å². The van der Waals surface area contributed by atoms with Crippen LogP contribution in [0, 0.1) is 6.92 Å². The first-order valence-electron chi connectivity index (χ1n) is 10.1. The molecule has 0 radical (unpaired) electrons. The van der Waals surface area contributed by atoms with E-state index in [1.165, 1.54) is 15.6 Å². The first kappa shape index (κ1) is 21.1. The van der Waals surface area contributed by atoms with Crippen LogP contribution in [0.25, 0.3) is 0 Å². The van der Waals surface area contributed by atoms with Gasteiger partial charge in [-0.15, -0.1) is 0 Å². The summed E-state index contributed by atoms with van der Waals surface area (Å²) < 4.78 is 32.9. The third kappa shape index (κ3) is 4.30. The van der Waals surface area contributed by atoms with Crippen LogP contribution in [0.15, 0.2) is 23.1 Å². The van der Waals surface area contributed by atoms with Gasteiger partial charge in [0.05, 0.1) is 24.2 Å². The van der Waals surface area contributed by atoms with Gasteiger partial charge in [-0.2, -0.15) is 4.31 Å². The van der Waals surface area contributed by atoms with Crippen LogP contribution in [0.4, 0.5) is 9.93 Å². The van der Waals surface area contributed by atoms with E-state index >= 15 is 0 Å². The number of aromatic nitrogens is 1. The minimum Gasteiger partial charge on any atom is -0.496 e. The number of hydrogen-bond acceptors (Lipinski definition) is 6. The number of aryl methyl sites for hydroxylation is 1. The van der Waals surface area contributed by atoms with E-state index in [0.29, 0.717) is 23.8 Å². The van der Waals surface area contributed by atoms with Crippen molar-refractivity contribution in [3.05, 3.63) is 34.3 Å². The third-order valence-electron chi connectivity index (χ3n) is 5.61. The van der Waals surface area contributed by atoms with E-state index in [9.17, 15) is 13.2 Å². The Hall–Kier alpha value is -2.17. The summed E-state index contributed by atoms with van der Waals surface area (Å²) in [6.45, 7) is 2.44. The monoisotopic (exact) mass is 450 g/mol. The maximum atomic E-state index is 13.1. The molecule has 1 aromatic carbocycles. The molecule has 162 valence electrons. The Morgan fingerprint density at radius 3 is 2.77 bits per heavy atom. The fourth-order valence-corrected chi connectivity index (χ4v) is 6.58. The molecular formula is C20H26N4O4S2. The van der Waals surface area contributed by atoms with Gasteiger partial charge in [-0.3, -0.25) is 5.32 Å². The van der Waals surface area contributed by atoms with Crippen LogP contribution in [0.3, 0.4) is 0 Å². The van der Waals surface area contributed by atoms with E-state index in [1.807, 2.05) is 6.92 Å². The Morgan fingerprint density at radius 2 is 2.07 bits per heavy atom. The largest absolute Gasteiger partial charge is 0.496 e. The number of amides is 2. The number of benzene rings is 1. The second kappa shape index (κ2) is 8.52. The van der Waals surface area contributed by atoms with Gasteiger partial charge in [0.25, 0.3) is 0 Å². The number of nitrogens with one attached hydrogen (secondary N) is 2. The number of rotatable bonds is 5. The molecule has 1 aliphatic carbocycles. The molecule has 0 atom stereocenters. The number of anilines is 1. The fraction of sp³-hybridized carbons (Fsp3) is 0.500.